The summed E-state index contributed by atoms with van der Waals surface area (Å²) in [6.45, 7) is 0.961. The van der Waals surface area contributed by atoms with Crippen LogP contribution in [0.5, 0.6) is 0 Å². The normalized spacial score (nSPS) is 14.4. The van der Waals surface area contributed by atoms with Crippen molar-refractivity contribution in [2.75, 3.05) is 11.6 Å². The predicted octanol–water partition coefficient (Wildman–Crippen LogP) is 3.10. The zero-order valence-corrected chi connectivity index (χ0v) is 12.5. The van der Waals surface area contributed by atoms with Gasteiger partial charge in [-0.1, -0.05) is 0 Å². The smallest absolute Gasteiger partial charge is 0.325 e. The maximum Gasteiger partial charge on any atom is 0.416 e. The Balaban J connectivity index is 3.29. The van der Waals surface area contributed by atoms with Crippen LogP contribution in [0.2, 0.25) is 0 Å². The molecule has 0 spiro atoms. The van der Waals surface area contributed by atoms with Crippen molar-refractivity contribution in [3.63, 3.8) is 0 Å². The Morgan fingerprint density at radius 2 is 1.39 bits per heavy atom. The number of carbonyl (C=O) groups excluding carboxylic acids is 1. The van der Waals surface area contributed by atoms with Gasteiger partial charge in [-0.3, -0.25) is 4.79 Å². The topological polar surface area (TPSA) is 63.2 Å². The lowest BCUT2D eigenvalue weighted by atomic mass is 10.1. The van der Waals surface area contributed by atoms with Gasteiger partial charge in [-0.2, -0.15) is 26.3 Å². The van der Waals surface area contributed by atoms with E-state index in [1.807, 2.05) is 0 Å². The molecule has 0 heterocycles. The molecule has 4 nitrogen and oxygen atoms in total. The molecule has 0 fully saturated rings. The van der Waals surface area contributed by atoms with E-state index in [0.717, 1.165) is 6.92 Å². The Hall–Kier alpha value is -1.78. The number of amides is 1. The molecule has 0 saturated carbocycles. The Morgan fingerprint density at radius 3 is 1.70 bits per heavy atom. The van der Waals surface area contributed by atoms with E-state index < -0.39 is 50.2 Å². The number of hydrogen-bond acceptors (Lipinski definition) is 3. The summed E-state index contributed by atoms with van der Waals surface area (Å²) in [5, 5.41) is 0.122. The molecule has 0 radical (unpaired) electrons. The minimum absolute atomic E-state index is 0.102. The molecule has 1 atom stereocenters. The van der Waals surface area contributed by atoms with Crippen LogP contribution in [-0.4, -0.2) is 25.8 Å². The number of rotatable bonds is 3. The van der Waals surface area contributed by atoms with Gasteiger partial charge >= 0.3 is 12.4 Å². The van der Waals surface area contributed by atoms with Crippen LogP contribution in [0.15, 0.2) is 18.2 Å². The Morgan fingerprint density at radius 1 is 1.00 bits per heavy atom. The monoisotopic (exact) mass is 363 g/mol. The number of anilines is 1. The SMILES string of the molecule is C[C@@H](C(=O)Nc1cc(C(F)(F)F)cc(C(F)(F)F)c1)S(C)(=O)=O. The lowest BCUT2D eigenvalue weighted by Crippen LogP contribution is -2.32. The number of sulfone groups is 1. The second kappa shape index (κ2) is 6.02. The van der Waals surface area contributed by atoms with E-state index in [9.17, 15) is 39.6 Å². The zero-order valence-electron chi connectivity index (χ0n) is 11.7. The average molecular weight is 363 g/mol. The Kier molecular flexibility index (Phi) is 5.04. The summed E-state index contributed by atoms with van der Waals surface area (Å²) in [6, 6.07) is 0.486. The van der Waals surface area contributed by atoms with Crippen molar-refractivity contribution >= 4 is 21.4 Å². The third-order valence-corrected chi connectivity index (χ3v) is 4.37. The van der Waals surface area contributed by atoms with Crippen molar-refractivity contribution < 1.29 is 39.6 Å². The van der Waals surface area contributed by atoms with Crippen LogP contribution in [0, 0.1) is 0 Å². The quantitative estimate of drug-likeness (QED) is 0.840. The van der Waals surface area contributed by atoms with E-state index in [2.05, 4.69) is 0 Å². The van der Waals surface area contributed by atoms with Gasteiger partial charge in [-0.05, 0) is 25.1 Å². The lowest BCUT2D eigenvalue weighted by Gasteiger charge is -2.16. The summed E-state index contributed by atoms with van der Waals surface area (Å²) in [6.07, 6.45) is -9.42. The molecule has 1 rings (SSSR count). The summed E-state index contributed by atoms with van der Waals surface area (Å²) in [5.74, 6) is -1.24. The van der Waals surface area contributed by atoms with Crippen molar-refractivity contribution in [1.82, 2.24) is 0 Å². The Labute approximate surface area is 127 Å². The number of benzene rings is 1. The van der Waals surface area contributed by atoms with E-state index in [4.69, 9.17) is 0 Å². The van der Waals surface area contributed by atoms with E-state index >= 15 is 0 Å². The second-order valence-electron chi connectivity index (χ2n) is 4.76. The number of halogens is 6. The molecule has 0 aromatic heterocycles. The first-order chi connectivity index (χ1) is 10.1. The molecule has 0 aliphatic heterocycles. The molecule has 11 heteroatoms. The fourth-order valence-electron chi connectivity index (χ4n) is 1.47. The van der Waals surface area contributed by atoms with Gasteiger partial charge in [0.05, 0.1) is 11.1 Å². The fraction of sp³-hybridized carbons (Fsp3) is 0.417. The Bertz CT molecular complexity index is 676. The zero-order chi connectivity index (χ0) is 18.2. The highest BCUT2D eigenvalue weighted by molar-refractivity contribution is 7.92. The highest BCUT2D eigenvalue weighted by Crippen LogP contribution is 2.37. The summed E-state index contributed by atoms with van der Waals surface area (Å²) >= 11 is 0. The van der Waals surface area contributed by atoms with Crippen molar-refractivity contribution in [3.05, 3.63) is 29.3 Å². The van der Waals surface area contributed by atoms with Gasteiger partial charge in [0.1, 0.15) is 5.25 Å². The predicted molar refractivity (Wildman–Crippen MR) is 69.4 cm³/mol. The maximum atomic E-state index is 12.6. The first-order valence-electron chi connectivity index (χ1n) is 5.91. The first-order valence-corrected chi connectivity index (χ1v) is 7.87. The molecule has 1 aromatic carbocycles. The van der Waals surface area contributed by atoms with Crippen molar-refractivity contribution in [2.24, 2.45) is 0 Å². The van der Waals surface area contributed by atoms with Crippen molar-refractivity contribution in [2.45, 2.75) is 24.5 Å². The maximum absolute atomic E-state index is 12.6. The molecule has 0 aliphatic rings. The van der Waals surface area contributed by atoms with Crippen LogP contribution >= 0.6 is 0 Å². The second-order valence-corrected chi connectivity index (χ2v) is 7.12. The first kappa shape index (κ1) is 19.3. The van der Waals surface area contributed by atoms with Crippen LogP contribution < -0.4 is 5.32 Å². The van der Waals surface area contributed by atoms with Gasteiger partial charge in [0.15, 0.2) is 9.84 Å². The fourth-order valence-corrected chi connectivity index (χ4v) is 1.91. The third-order valence-electron chi connectivity index (χ3n) is 2.87. The highest BCUT2D eigenvalue weighted by atomic mass is 32.2. The third kappa shape index (κ3) is 5.12. The molecule has 130 valence electrons. The lowest BCUT2D eigenvalue weighted by molar-refractivity contribution is -0.143. The summed E-state index contributed by atoms with van der Waals surface area (Å²) < 4.78 is 98.3. The molecule has 0 aliphatic carbocycles. The van der Waals surface area contributed by atoms with E-state index in [1.54, 1.807) is 5.32 Å². The van der Waals surface area contributed by atoms with Gasteiger partial charge in [-0.25, -0.2) is 8.42 Å². The summed E-state index contributed by atoms with van der Waals surface area (Å²) in [7, 11) is -3.86. The minimum atomic E-state index is -5.07. The summed E-state index contributed by atoms with van der Waals surface area (Å²) in [5.41, 5.74) is -4.03. The van der Waals surface area contributed by atoms with Crippen LogP contribution in [0.25, 0.3) is 0 Å². The van der Waals surface area contributed by atoms with Crippen LogP contribution in [-0.2, 0) is 27.0 Å². The largest absolute Gasteiger partial charge is 0.416 e. The van der Waals surface area contributed by atoms with Crippen LogP contribution in [0.4, 0.5) is 32.0 Å². The van der Waals surface area contributed by atoms with Gasteiger partial charge in [0, 0.05) is 11.9 Å². The minimum Gasteiger partial charge on any atom is -0.325 e. The van der Waals surface area contributed by atoms with Crippen molar-refractivity contribution in [3.8, 4) is 0 Å². The molecule has 1 amide bonds. The number of alkyl halides is 6. The van der Waals surface area contributed by atoms with E-state index in [-0.39, 0.29) is 6.07 Å². The van der Waals surface area contributed by atoms with E-state index in [0.29, 0.717) is 18.4 Å². The van der Waals surface area contributed by atoms with Crippen LogP contribution in [0.3, 0.4) is 0 Å². The number of nitrogens with one attached hydrogen (secondary N) is 1. The molecular formula is C12H11F6NO3S. The number of hydrogen-bond donors (Lipinski definition) is 1. The van der Waals surface area contributed by atoms with Gasteiger partial charge < -0.3 is 5.32 Å². The molecule has 1 N–H and O–H groups in total. The molecular weight excluding hydrogens is 352 g/mol. The summed E-state index contributed by atoms with van der Waals surface area (Å²) in [4.78, 5) is 11.6. The van der Waals surface area contributed by atoms with Crippen molar-refractivity contribution in [1.29, 1.82) is 0 Å². The van der Waals surface area contributed by atoms with Gasteiger partial charge in [0.2, 0.25) is 5.91 Å². The molecule has 0 unspecified atom stereocenters. The van der Waals surface area contributed by atoms with Gasteiger partial charge in [0.25, 0.3) is 0 Å². The van der Waals surface area contributed by atoms with E-state index in [1.165, 1.54) is 0 Å². The number of carbonyl (C=O) groups is 1. The standard InChI is InChI=1S/C12H11F6NO3S/c1-6(23(2,21)22)10(20)19-9-4-7(11(13,14)15)3-8(5-9)12(16,17)18/h3-6H,1-2H3,(H,19,20)/t6-/m0/s1. The molecule has 1 aromatic rings. The highest BCUT2D eigenvalue weighted by Gasteiger charge is 2.37. The van der Waals surface area contributed by atoms with Crippen LogP contribution in [0.1, 0.15) is 18.1 Å². The average Bonchev–Trinajstić information content (AvgIpc) is 2.34. The van der Waals surface area contributed by atoms with Gasteiger partial charge in [-0.15, -0.1) is 0 Å². The molecule has 0 bridgehead atoms. The molecule has 23 heavy (non-hydrogen) atoms. The molecule has 0 saturated heterocycles.